The van der Waals surface area contributed by atoms with Crippen LogP contribution >= 0.6 is 0 Å². The summed E-state index contributed by atoms with van der Waals surface area (Å²) in [6, 6.07) is 14.6. The lowest BCUT2D eigenvalue weighted by atomic mass is 10.2. The topological polar surface area (TPSA) is 53.4 Å². The largest absolute Gasteiger partial charge is 0.369 e. The Morgan fingerprint density at radius 3 is 2.57 bits per heavy atom. The van der Waals surface area contributed by atoms with Gasteiger partial charge in [-0.05, 0) is 36.4 Å². The van der Waals surface area contributed by atoms with Crippen molar-refractivity contribution in [3.63, 3.8) is 0 Å². The second-order valence-electron chi connectivity index (χ2n) is 7.48. The van der Waals surface area contributed by atoms with Crippen molar-refractivity contribution in [1.29, 1.82) is 0 Å². The molecule has 0 amide bonds. The second kappa shape index (κ2) is 6.91. The van der Waals surface area contributed by atoms with Gasteiger partial charge in [0.25, 0.3) is 0 Å². The summed E-state index contributed by atoms with van der Waals surface area (Å²) < 4.78 is 14.9. The Bertz CT molecular complexity index is 1060. The van der Waals surface area contributed by atoms with E-state index < -0.39 is 0 Å². The Balaban J connectivity index is 1.24. The normalized spacial score (nSPS) is 19.6. The monoisotopic (exact) mass is 379 g/mol. The van der Waals surface area contributed by atoms with Crippen LogP contribution in [0, 0.1) is 5.82 Å². The number of nitrogens with zero attached hydrogens (tertiary/aromatic N) is 4. The van der Waals surface area contributed by atoms with E-state index in [-0.39, 0.29) is 17.5 Å². The minimum absolute atomic E-state index is 0.190. The van der Waals surface area contributed by atoms with Gasteiger partial charge in [-0.2, -0.15) is 4.98 Å². The summed E-state index contributed by atoms with van der Waals surface area (Å²) in [5.41, 5.74) is 1.61. The van der Waals surface area contributed by atoms with Crippen LogP contribution in [0.3, 0.4) is 0 Å². The average Bonchev–Trinajstić information content (AvgIpc) is 3.14. The van der Waals surface area contributed by atoms with Gasteiger partial charge in [-0.25, -0.2) is 9.18 Å². The van der Waals surface area contributed by atoms with Gasteiger partial charge in [-0.1, -0.05) is 12.1 Å². The van der Waals surface area contributed by atoms with E-state index in [1.807, 2.05) is 36.4 Å². The van der Waals surface area contributed by atoms with Gasteiger partial charge in [0.15, 0.2) is 0 Å². The minimum atomic E-state index is -0.202. The Morgan fingerprint density at radius 1 is 1.04 bits per heavy atom. The molecule has 3 heterocycles. The highest BCUT2D eigenvalue weighted by molar-refractivity contribution is 5.89. The van der Waals surface area contributed by atoms with Crippen molar-refractivity contribution in [1.82, 2.24) is 14.5 Å². The molecule has 0 saturated carbocycles. The van der Waals surface area contributed by atoms with Crippen molar-refractivity contribution >= 4 is 22.4 Å². The summed E-state index contributed by atoms with van der Waals surface area (Å²) in [4.78, 5) is 21.3. The molecule has 144 valence electrons. The SMILES string of the molecule is O=c1nc2ccccc2c2n1C[C@H](CN1CCN(c3ccc(F)cc3)CC1)N2. The maximum atomic E-state index is 13.1. The number of aromatic nitrogens is 2. The fourth-order valence-electron chi connectivity index (χ4n) is 4.22. The molecule has 1 fully saturated rings. The molecule has 0 radical (unpaired) electrons. The molecule has 28 heavy (non-hydrogen) atoms. The maximum Gasteiger partial charge on any atom is 0.349 e. The lowest BCUT2D eigenvalue weighted by Crippen LogP contribution is -2.49. The van der Waals surface area contributed by atoms with Gasteiger partial charge in [0.1, 0.15) is 11.6 Å². The summed E-state index contributed by atoms with van der Waals surface area (Å²) in [7, 11) is 0. The molecule has 2 aliphatic rings. The first-order valence-electron chi connectivity index (χ1n) is 9.66. The number of hydrogen-bond acceptors (Lipinski definition) is 5. The molecule has 2 aromatic carbocycles. The quantitative estimate of drug-likeness (QED) is 0.756. The molecular formula is C21H22FN5O. The van der Waals surface area contributed by atoms with Crippen molar-refractivity contribution in [2.45, 2.75) is 12.6 Å². The summed E-state index contributed by atoms with van der Waals surface area (Å²) in [6.07, 6.45) is 0. The first-order valence-corrected chi connectivity index (χ1v) is 9.66. The number of halogens is 1. The van der Waals surface area contributed by atoms with Gasteiger partial charge in [-0.3, -0.25) is 9.47 Å². The van der Waals surface area contributed by atoms with E-state index in [2.05, 4.69) is 20.1 Å². The second-order valence-corrected chi connectivity index (χ2v) is 7.48. The predicted octanol–water partition coefficient (Wildman–Crippen LogP) is 2.15. The smallest absolute Gasteiger partial charge is 0.349 e. The van der Waals surface area contributed by atoms with E-state index in [0.29, 0.717) is 6.54 Å². The molecule has 0 aliphatic carbocycles. The average molecular weight is 379 g/mol. The molecule has 2 aliphatic heterocycles. The molecule has 1 atom stereocenters. The van der Waals surface area contributed by atoms with E-state index in [0.717, 1.165) is 55.1 Å². The summed E-state index contributed by atoms with van der Waals surface area (Å²) in [5, 5.41) is 4.53. The maximum absolute atomic E-state index is 13.1. The van der Waals surface area contributed by atoms with Crippen LogP contribution in [0.5, 0.6) is 0 Å². The number of fused-ring (bicyclic) bond motifs is 3. The lowest BCUT2D eigenvalue weighted by Gasteiger charge is -2.37. The first-order chi connectivity index (χ1) is 13.7. The third-order valence-electron chi connectivity index (χ3n) is 5.66. The zero-order chi connectivity index (χ0) is 19.1. The van der Waals surface area contributed by atoms with Crippen LogP contribution in [0.1, 0.15) is 0 Å². The van der Waals surface area contributed by atoms with Crippen LogP contribution < -0.4 is 15.9 Å². The highest BCUT2D eigenvalue weighted by Crippen LogP contribution is 2.26. The zero-order valence-corrected chi connectivity index (χ0v) is 15.5. The summed E-state index contributed by atoms with van der Waals surface area (Å²) in [5.74, 6) is 0.678. The summed E-state index contributed by atoms with van der Waals surface area (Å²) in [6.45, 7) is 5.24. The zero-order valence-electron chi connectivity index (χ0n) is 15.5. The van der Waals surface area contributed by atoms with Crippen LogP contribution in [0.2, 0.25) is 0 Å². The number of hydrogen-bond donors (Lipinski definition) is 1. The molecule has 7 heteroatoms. The Labute approximate surface area is 162 Å². The molecule has 5 rings (SSSR count). The van der Waals surface area contributed by atoms with E-state index >= 15 is 0 Å². The van der Waals surface area contributed by atoms with Crippen LogP contribution in [0.25, 0.3) is 10.9 Å². The van der Waals surface area contributed by atoms with E-state index in [1.54, 1.807) is 4.57 Å². The first kappa shape index (κ1) is 17.2. The van der Waals surface area contributed by atoms with Crippen LogP contribution in [-0.2, 0) is 6.54 Å². The van der Waals surface area contributed by atoms with E-state index in [4.69, 9.17) is 0 Å². The van der Waals surface area contributed by atoms with Gasteiger partial charge in [-0.15, -0.1) is 0 Å². The number of anilines is 2. The molecule has 0 bridgehead atoms. The number of piperazine rings is 1. The van der Waals surface area contributed by atoms with Crippen molar-refractivity contribution in [3.8, 4) is 0 Å². The van der Waals surface area contributed by atoms with Gasteiger partial charge in [0.2, 0.25) is 0 Å². The number of para-hydroxylation sites is 1. The summed E-state index contributed by atoms with van der Waals surface area (Å²) >= 11 is 0. The number of nitrogens with one attached hydrogen (secondary N) is 1. The molecular weight excluding hydrogens is 357 g/mol. The predicted molar refractivity (Wildman–Crippen MR) is 108 cm³/mol. The Kier molecular flexibility index (Phi) is 4.24. The van der Waals surface area contributed by atoms with E-state index in [9.17, 15) is 9.18 Å². The molecule has 0 unspecified atom stereocenters. The van der Waals surface area contributed by atoms with Gasteiger partial charge in [0.05, 0.1) is 18.1 Å². The van der Waals surface area contributed by atoms with E-state index in [1.165, 1.54) is 12.1 Å². The molecule has 1 aromatic heterocycles. The molecule has 0 spiro atoms. The Morgan fingerprint density at radius 2 is 1.79 bits per heavy atom. The Hall–Kier alpha value is -2.93. The fraction of sp³-hybridized carbons (Fsp3) is 0.333. The van der Waals surface area contributed by atoms with Gasteiger partial charge >= 0.3 is 5.69 Å². The number of rotatable bonds is 3. The third kappa shape index (κ3) is 3.11. The van der Waals surface area contributed by atoms with Crippen molar-refractivity contribution in [2.75, 3.05) is 42.9 Å². The van der Waals surface area contributed by atoms with Crippen LogP contribution in [-0.4, -0.2) is 53.2 Å². The van der Waals surface area contributed by atoms with Gasteiger partial charge < -0.3 is 10.2 Å². The van der Waals surface area contributed by atoms with Crippen LogP contribution in [0.4, 0.5) is 15.9 Å². The van der Waals surface area contributed by atoms with Crippen molar-refractivity contribution in [3.05, 3.63) is 64.8 Å². The standard InChI is InChI=1S/C21H22FN5O/c22-15-5-7-17(8-6-15)26-11-9-25(10-12-26)13-16-14-27-20(23-16)18-3-1-2-4-19(18)24-21(27)28/h1-8,16,23H,9-14H2/t16-/m0/s1. The van der Waals surface area contributed by atoms with Crippen molar-refractivity contribution in [2.24, 2.45) is 0 Å². The fourth-order valence-corrected chi connectivity index (χ4v) is 4.22. The molecule has 6 nitrogen and oxygen atoms in total. The molecule has 1 saturated heterocycles. The highest BCUT2D eigenvalue weighted by atomic mass is 19.1. The highest BCUT2D eigenvalue weighted by Gasteiger charge is 2.27. The lowest BCUT2D eigenvalue weighted by molar-refractivity contribution is 0.245. The minimum Gasteiger partial charge on any atom is -0.369 e. The third-order valence-corrected chi connectivity index (χ3v) is 5.66. The molecule has 3 aromatic rings. The number of benzene rings is 2. The van der Waals surface area contributed by atoms with Crippen molar-refractivity contribution < 1.29 is 4.39 Å². The van der Waals surface area contributed by atoms with Gasteiger partial charge in [0, 0.05) is 43.8 Å². The van der Waals surface area contributed by atoms with Crippen LogP contribution in [0.15, 0.2) is 53.3 Å². The molecule has 1 N–H and O–H groups in total.